The standard InChI is InChI=1S/C11H5F11O2/c1-2-4(23)24-3-5(12)6(13)9(17,18)7(14,8(5,15)16)11(21,22)10(6,19)20/h2H,1,3H2. The van der Waals surface area contributed by atoms with Crippen LogP contribution in [0.4, 0.5) is 48.3 Å². The molecule has 2 nitrogen and oxygen atoms in total. The fourth-order valence-corrected chi connectivity index (χ4v) is 2.87. The predicted octanol–water partition coefficient (Wildman–Crippen LogP) is 3.41. The molecule has 2 aliphatic rings. The number of carbonyl (C=O) groups excluding carboxylic acids is 1. The summed E-state index contributed by atoms with van der Waals surface area (Å²) in [6.45, 7) is -0.225. The molecule has 0 amide bonds. The van der Waals surface area contributed by atoms with E-state index in [4.69, 9.17) is 0 Å². The minimum absolute atomic E-state index is 0.121. The number of halogens is 11. The second-order valence-corrected chi connectivity index (χ2v) is 5.23. The lowest BCUT2D eigenvalue weighted by molar-refractivity contribution is -0.379. The third-order valence-corrected chi connectivity index (χ3v) is 4.18. The van der Waals surface area contributed by atoms with Crippen LogP contribution in [0, 0.1) is 0 Å². The number of esters is 1. The molecule has 3 unspecified atom stereocenters. The van der Waals surface area contributed by atoms with Crippen LogP contribution in [0.3, 0.4) is 0 Å². The SMILES string of the molecule is C=CC(=O)OCC1(F)C(F)(F)C2(F)C(F)(F)C(F)(F)C1(F)C2(F)F. The monoisotopic (exact) mass is 378 g/mol. The van der Waals surface area contributed by atoms with Crippen LogP contribution in [-0.4, -0.2) is 53.3 Å². The first-order valence-corrected chi connectivity index (χ1v) is 5.83. The first-order chi connectivity index (χ1) is 10.5. The van der Waals surface area contributed by atoms with Crippen molar-refractivity contribution in [3.63, 3.8) is 0 Å². The molecule has 2 fully saturated rings. The molecule has 0 aromatic rings. The Morgan fingerprint density at radius 3 is 1.54 bits per heavy atom. The zero-order chi connectivity index (χ0) is 19.2. The highest BCUT2D eigenvalue weighted by Gasteiger charge is 3.16. The summed E-state index contributed by atoms with van der Waals surface area (Å²) in [5.41, 5.74) is -19.6. The van der Waals surface area contributed by atoms with Crippen LogP contribution in [0.5, 0.6) is 0 Å². The largest absolute Gasteiger partial charge is 0.459 e. The molecular weight excluding hydrogens is 373 g/mol. The van der Waals surface area contributed by atoms with Crippen molar-refractivity contribution in [1.29, 1.82) is 0 Å². The van der Waals surface area contributed by atoms with Crippen molar-refractivity contribution in [2.45, 2.75) is 40.7 Å². The van der Waals surface area contributed by atoms with Crippen molar-refractivity contribution in [3.8, 4) is 0 Å². The van der Waals surface area contributed by atoms with E-state index in [1.807, 2.05) is 0 Å². The highest BCUT2D eigenvalue weighted by molar-refractivity contribution is 5.81. The average Bonchev–Trinajstić information content (AvgIpc) is 2.58. The molecule has 0 N–H and O–H groups in total. The van der Waals surface area contributed by atoms with Gasteiger partial charge in [0.05, 0.1) is 0 Å². The number of carbonyl (C=O) groups is 1. The van der Waals surface area contributed by atoms with Gasteiger partial charge in [-0.3, -0.25) is 0 Å². The summed E-state index contributed by atoms with van der Waals surface area (Å²) in [7, 11) is 0. The van der Waals surface area contributed by atoms with E-state index in [-0.39, 0.29) is 6.08 Å². The lowest BCUT2D eigenvalue weighted by Gasteiger charge is -2.45. The maximum atomic E-state index is 14.3. The third-order valence-electron chi connectivity index (χ3n) is 4.18. The van der Waals surface area contributed by atoms with E-state index < -0.39 is 53.3 Å². The molecule has 2 saturated carbocycles. The lowest BCUT2D eigenvalue weighted by Crippen LogP contribution is -2.77. The first kappa shape index (κ1) is 18.8. The number of fused-ring (bicyclic) bond motifs is 2. The van der Waals surface area contributed by atoms with Crippen LogP contribution in [0.2, 0.25) is 0 Å². The van der Waals surface area contributed by atoms with Gasteiger partial charge in [-0.2, -0.15) is 35.1 Å². The quantitative estimate of drug-likeness (QED) is 0.428. The Balaban J connectivity index is 2.78. The van der Waals surface area contributed by atoms with Crippen molar-refractivity contribution in [3.05, 3.63) is 12.7 Å². The summed E-state index contributed by atoms with van der Waals surface area (Å²) in [4.78, 5) is 10.7. The average molecular weight is 378 g/mol. The summed E-state index contributed by atoms with van der Waals surface area (Å²) < 4.78 is 154. The molecule has 3 atom stereocenters. The predicted molar refractivity (Wildman–Crippen MR) is 52.5 cm³/mol. The minimum Gasteiger partial charge on any atom is -0.459 e. The Morgan fingerprint density at radius 2 is 1.17 bits per heavy atom. The number of alkyl halides is 11. The van der Waals surface area contributed by atoms with Crippen LogP contribution in [0.15, 0.2) is 12.7 Å². The Bertz CT molecular complexity index is 617. The zero-order valence-corrected chi connectivity index (χ0v) is 11.0. The van der Waals surface area contributed by atoms with Crippen LogP contribution >= 0.6 is 0 Å². The summed E-state index contributed by atoms with van der Waals surface area (Å²) in [5, 5.41) is 0. The van der Waals surface area contributed by atoms with E-state index in [0.717, 1.165) is 0 Å². The summed E-state index contributed by atoms with van der Waals surface area (Å²) in [5.74, 6) is -29.2. The molecular formula is C11H5F11O2. The molecule has 24 heavy (non-hydrogen) atoms. The molecule has 0 aromatic heterocycles. The topological polar surface area (TPSA) is 26.3 Å². The van der Waals surface area contributed by atoms with Crippen molar-refractivity contribution in [2.75, 3.05) is 6.61 Å². The van der Waals surface area contributed by atoms with E-state index in [0.29, 0.717) is 0 Å². The fourth-order valence-electron chi connectivity index (χ4n) is 2.87. The van der Waals surface area contributed by atoms with Gasteiger partial charge in [-0.15, -0.1) is 0 Å². The Morgan fingerprint density at radius 1 is 0.750 bits per heavy atom. The molecule has 2 bridgehead atoms. The van der Waals surface area contributed by atoms with Crippen LogP contribution in [-0.2, 0) is 9.53 Å². The van der Waals surface area contributed by atoms with Crippen LogP contribution in [0.1, 0.15) is 0 Å². The molecule has 2 rings (SSSR count). The Labute approximate surface area is 125 Å². The van der Waals surface area contributed by atoms with Crippen molar-refractivity contribution < 1.29 is 57.8 Å². The van der Waals surface area contributed by atoms with Gasteiger partial charge in [0.1, 0.15) is 6.61 Å². The van der Waals surface area contributed by atoms with Gasteiger partial charge in [-0.05, 0) is 0 Å². The summed E-state index contributed by atoms with van der Waals surface area (Å²) >= 11 is 0. The Kier molecular flexibility index (Phi) is 3.25. The van der Waals surface area contributed by atoms with E-state index in [9.17, 15) is 53.1 Å². The minimum atomic E-state index is -6.96. The van der Waals surface area contributed by atoms with Crippen LogP contribution < -0.4 is 0 Å². The maximum absolute atomic E-state index is 14.3. The van der Waals surface area contributed by atoms with Gasteiger partial charge in [0.2, 0.25) is 0 Å². The highest BCUT2D eigenvalue weighted by atomic mass is 19.3. The molecule has 0 aromatic carbocycles. The molecule has 0 heterocycles. The summed E-state index contributed by atoms with van der Waals surface area (Å²) in [6, 6.07) is 0. The van der Waals surface area contributed by atoms with Crippen molar-refractivity contribution in [2.24, 2.45) is 0 Å². The van der Waals surface area contributed by atoms with E-state index in [2.05, 4.69) is 11.3 Å². The van der Waals surface area contributed by atoms with Crippen molar-refractivity contribution in [1.82, 2.24) is 0 Å². The van der Waals surface area contributed by atoms with Gasteiger partial charge >= 0.3 is 35.3 Å². The number of rotatable bonds is 3. The summed E-state index contributed by atoms with van der Waals surface area (Å²) in [6.07, 6.45) is 0.121. The van der Waals surface area contributed by atoms with Gasteiger partial charge in [-0.1, -0.05) is 6.58 Å². The molecule has 138 valence electrons. The lowest BCUT2D eigenvalue weighted by atomic mass is 9.75. The molecule has 0 radical (unpaired) electrons. The van der Waals surface area contributed by atoms with E-state index in [1.54, 1.807) is 0 Å². The molecule has 0 aliphatic heterocycles. The van der Waals surface area contributed by atoms with E-state index in [1.165, 1.54) is 0 Å². The first-order valence-electron chi connectivity index (χ1n) is 5.83. The fraction of sp³-hybridized carbons (Fsp3) is 0.727. The molecule has 2 aliphatic carbocycles. The molecule has 0 saturated heterocycles. The highest BCUT2D eigenvalue weighted by Crippen LogP contribution is 2.82. The van der Waals surface area contributed by atoms with Crippen LogP contribution in [0.25, 0.3) is 0 Å². The van der Waals surface area contributed by atoms with Gasteiger partial charge in [-0.25, -0.2) is 18.0 Å². The van der Waals surface area contributed by atoms with E-state index >= 15 is 0 Å². The smallest absolute Gasteiger partial charge is 0.359 e. The molecule has 13 heteroatoms. The maximum Gasteiger partial charge on any atom is 0.359 e. The normalized spacial score (nSPS) is 43.5. The number of hydrogen-bond donors (Lipinski definition) is 0. The van der Waals surface area contributed by atoms with Gasteiger partial charge in [0.15, 0.2) is 0 Å². The van der Waals surface area contributed by atoms with Gasteiger partial charge < -0.3 is 4.74 Å². The second-order valence-electron chi connectivity index (χ2n) is 5.23. The van der Waals surface area contributed by atoms with Crippen molar-refractivity contribution >= 4 is 5.97 Å². The third kappa shape index (κ3) is 1.26. The van der Waals surface area contributed by atoms with Gasteiger partial charge in [0.25, 0.3) is 11.3 Å². The zero-order valence-electron chi connectivity index (χ0n) is 11.0. The second kappa shape index (κ2) is 4.15. The Hall–Kier alpha value is -1.56. The van der Waals surface area contributed by atoms with Gasteiger partial charge in [0, 0.05) is 6.08 Å². The molecule has 0 spiro atoms. The number of ether oxygens (including phenoxy) is 1. The number of hydrogen-bond acceptors (Lipinski definition) is 2.